The van der Waals surface area contributed by atoms with Crippen molar-refractivity contribution in [1.82, 2.24) is 4.90 Å². The van der Waals surface area contributed by atoms with E-state index in [1.54, 1.807) is 0 Å². The summed E-state index contributed by atoms with van der Waals surface area (Å²) in [4.78, 5) is 25.4. The van der Waals surface area contributed by atoms with E-state index in [9.17, 15) is 9.59 Å². The van der Waals surface area contributed by atoms with E-state index in [2.05, 4.69) is 13.8 Å². The summed E-state index contributed by atoms with van der Waals surface area (Å²) in [7, 11) is 0. The van der Waals surface area contributed by atoms with Crippen molar-refractivity contribution < 1.29 is 14.3 Å². The van der Waals surface area contributed by atoms with Crippen molar-refractivity contribution in [2.45, 2.75) is 66.3 Å². The van der Waals surface area contributed by atoms with Crippen LogP contribution in [0.2, 0.25) is 0 Å². The van der Waals surface area contributed by atoms with Crippen LogP contribution in [0.3, 0.4) is 0 Å². The molecular formula is C15H27NO3. The molecule has 1 saturated heterocycles. The third kappa shape index (κ3) is 4.22. The van der Waals surface area contributed by atoms with Gasteiger partial charge in [0.05, 0.1) is 6.04 Å². The summed E-state index contributed by atoms with van der Waals surface area (Å²) in [6, 6.07) is -0.147. The molecule has 1 aliphatic rings. The zero-order valence-electron chi connectivity index (χ0n) is 12.9. The number of ether oxygens (including phenoxy) is 1. The summed E-state index contributed by atoms with van der Waals surface area (Å²) in [5, 5.41) is 0. The Balaban J connectivity index is 2.65. The normalized spacial score (nSPS) is 21.4. The molecule has 0 aromatic rings. The minimum Gasteiger partial charge on any atom is -0.447 e. The molecule has 0 aromatic carbocycles. The number of nitrogens with zero attached hydrogens (tertiary/aromatic N) is 1. The minimum atomic E-state index is -0.479. The monoisotopic (exact) mass is 269 g/mol. The quantitative estimate of drug-likeness (QED) is 0.766. The first-order valence-electron chi connectivity index (χ1n) is 7.26. The highest BCUT2D eigenvalue weighted by Gasteiger charge is 2.44. The van der Waals surface area contributed by atoms with E-state index in [1.807, 2.05) is 20.8 Å². The van der Waals surface area contributed by atoms with Crippen LogP contribution in [0.5, 0.6) is 0 Å². The summed E-state index contributed by atoms with van der Waals surface area (Å²) in [5.74, 6) is 0.229. The van der Waals surface area contributed by atoms with Crippen LogP contribution in [0.1, 0.15) is 60.3 Å². The van der Waals surface area contributed by atoms with E-state index < -0.39 is 6.09 Å². The third-order valence-corrected chi connectivity index (χ3v) is 3.71. The molecule has 0 bridgehead atoms. The molecule has 1 rings (SSSR count). The van der Waals surface area contributed by atoms with Gasteiger partial charge in [0.15, 0.2) is 0 Å². The minimum absolute atomic E-state index is 0.0916. The molecule has 2 atom stereocenters. The number of hydrogen-bond acceptors (Lipinski definition) is 3. The Labute approximate surface area is 116 Å². The summed E-state index contributed by atoms with van der Waals surface area (Å²) in [5.41, 5.74) is -0.144. The Morgan fingerprint density at radius 2 is 2.11 bits per heavy atom. The van der Waals surface area contributed by atoms with Gasteiger partial charge in [0.1, 0.15) is 6.61 Å². The Kier molecular flexibility index (Phi) is 5.39. The van der Waals surface area contributed by atoms with Crippen molar-refractivity contribution in [1.29, 1.82) is 0 Å². The second-order valence-electron chi connectivity index (χ2n) is 6.67. The molecule has 0 saturated carbocycles. The van der Waals surface area contributed by atoms with E-state index in [-0.39, 0.29) is 17.4 Å². The lowest BCUT2D eigenvalue weighted by atomic mass is 9.86. The lowest BCUT2D eigenvalue weighted by Gasteiger charge is -2.31. The lowest BCUT2D eigenvalue weighted by Crippen LogP contribution is -2.46. The Bertz CT molecular complexity index is 333. The van der Waals surface area contributed by atoms with Crippen molar-refractivity contribution in [2.24, 2.45) is 11.3 Å². The molecule has 0 unspecified atom stereocenters. The predicted molar refractivity (Wildman–Crippen MR) is 74.7 cm³/mol. The highest BCUT2D eigenvalue weighted by Crippen LogP contribution is 2.30. The second kappa shape index (κ2) is 6.40. The first-order chi connectivity index (χ1) is 8.77. The summed E-state index contributed by atoms with van der Waals surface area (Å²) in [6.07, 6.45) is 3.25. The number of imide groups is 1. The van der Waals surface area contributed by atoms with Gasteiger partial charge >= 0.3 is 6.09 Å². The van der Waals surface area contributed by atoms with E-state index >= 15 is 0 Å². The zero-order valence-corrected chi connectivity index (χ0v) is 12.9. The average Bonchev–Trinajstić information content (AvgIpc) is 2.68. The van der Waals surface area contributed by atoms with Gasteiger partial charge in [-0.1, -0.05) is 53.9 Å². The molecule has 4 nitrogen and oxygen atoms in total. The Morgan fingerprint density at radius 1 is 1.47 bits per heavy atom. The molecule has 0 spiro atoms. The molecule has 2 amide bonds. The Hall–Kier alpha value is -1.06. The number of cyclic esters (lactones) is 1. The molecule has 0 aromatic heterocycles. The van der Waals surface area contributed by atoms with Crippen LogP contribution < -0.4 is 0 Å². The van der Waals surface area contributed by atoms with Crippen molar-refractivity contribution in [2.75, 3.05) is 6.61 Å². The van der Waals surface area contributed by atoms with Gasteiger partial charge in [-0.2, -0.15) is 0 Å². The maximum Gasteiger partial charge on any atom is 0.416 e. The average molecular weight is 269 g/mol. The fourth-order valence-electron chi connectivity index (χ4n) is 2.39. The van der Waals surface area contributed by atoms with Gasteiger partial charge in [0.2, 0.25) is 5.91 Å². The van der Waals surface area contributed by atoms with Gasteiger partial charge in [-0.3, -0.25) is 4.79 Å². The number of carbonyl (C=O) groups excluding carboxylic acids is 2. The number of rotatable bonds is 5. The largest absolute Gasteiger partial charge is 0.447 e. The van der Waals surface area contributed by atoms with E-state index in [1.165, 1.54) is 4.90 Å². The number of amides is 2. The van der Waals surface area contributed by atoms with Crippen LogP contribution in [-0.2, 0) is 9.53 Å². The third-order valence-electron chi connectivity index (χ3n) is 3.71. The molecular weight excluding hydrogens is 242 g/mol. The Morgan fingerprint density at radius 3 is 2.63 bits per heavy atom. The van der Waals surface area contributed by atoms with Crippen molar-refractivity contribution in [3.63, 3.8) is 0 Å². The van der Waals surface area contributed by atoms with Crippen LogP contribution in [0.4, 0.5) is 4.79 Å². The van der Waals surface area contributed by atoms with Gasteiger partial charge in [0, 0.05) is 6.42 Å². The van der Waals surface area contributed by atoms with Crippen LogP contribution in [0.15, 0.2) is 0 Å². The molecule has 0 radical (unpaired) electrons. The van der Waals surface area contributed by atoms with E-state index in [0.717, 1.165) is 19.3 Å². The molecule has 0 N–H and O–H groups in total. The molecule has 4 heteroatoms. The molecule has 1 heterocycles. The van der Waals surface area contributed by atoms with Gasteiger partial charge in [-0.15, -0.1) is 0 Å². The summed E-state index contributed by atoms with van der Waals surface area (Å²) >= 11 is 0. The molecule has 19 heavy (non-hydrogen) atoms. The standard InChI is InChI=1S/C15H27NO3/c1-6-7-8-11(2)9-13(17)16-12(15(3,4)5)10-19-14(16)18/h11-12H,6-10H2,1-5H3/t11-,12+/m0/s1. The number of hydrogen-bond donors (Lipinski definition) is 0. The van der Waals surface area contributed by atoms with Crippen LogP contribution in [-0.4, -0.2) is 29.5 Å². The second-order valence-corrected chi connectivity index (χ2v) is 6.67. The topological polar surface area (TPSA) is 46.6 Å². The number of carbonyl (C=O) groups is 2. The highest BCUT2D eigenvalue weighted by molar-refractivity contribution is 5.93. The maximum absolute atomic E-state index is 12.3. The highest BCUT2D eigenvalue weighted by atomic mass is 16.6. The lowest BCUT2D eigenvalue weighted by molar-refractivity contribution is -0.131. The van der Waals surface area contributed by atoms with E-state index in [4.69, 9.17) is 4.74 Å². The van der Waals surface area contributed by atoms with Crippen molar-refractivity contribution in [3.05, 3.63) is 0 Å². The summed E-state index contributed by atoms with van der Waals surface area (Å²) in [6.45, 7) is 10.6. The van der Waals surface area contributed by atoms with Crippen LogP contribution in [0, 0.1) is 11.3 Å². The van der Waals surface area contributed by atoms with E-state index in [0.29, 0.717) is 18.9 Å². The first-order valence-corrected chi connectivity index (χ1v) is 7.26. The van der Waals surface area contributed by atoms with Gasteiger partial charge in [-0.25, -0.2) is 9.69 Å². The van der Waals surface area contributed by atoms with Crippen LogP contribution in [0.25, 0.3) is 0 Å². The maximum atomic E-state index is 12.3. The zero-order chi connectivity index (χ0) is 14.6. The fourth-order valence-corrected chi connectivity index (χ4v) is 2.39. The molecule has 0 aliphatic carbocycles. The smallest absolute Gasteiger partial charge is 0.416 e. The van der Waals surface area contributed by atoms with Crippen molar-refractivity contribution >= 4 is 12.0 Å². The van der Waals surface area contributed by atoms with Crippen molar-refractivity contribution in [3.8, 4) is 0 Å². The van der Waals surface area contributed by atoms with Crippen LogP contribution >= 0.6 is 0 Å². The summed E-state index contributed by atoms with van der Waals surface area (Å²) < 4.78 is 5.05. The number of unbranched alkanes of at least 4 members (excludes halogenated alkanes) is 1. The van der Waals surface area contributed by atoms with Gasteiger partial charge in [0.25, 0.3) is 0 Å². The molecule has 1 aliphatic heterocycles. The van der Waals surface area contributed by atoms with Gasteiger partial charge in [-0.05, 0) is 11.3 Å². The first kappa shape index (κ1) is 16.0. The fraction of sp³-hybridized carbons (Fsp3) is 0.867. The predicted octanol–water partition coefficient (Wildman–Crippen LogP) is 3.60. The molecule has 1 fully saturated rings. The van der Waals surface area contributed by atoms with Gasteiger partial charge < -0.3 is 4.74 Å². The SMILES string of the molecule is CCCC[C@H](C)CC(=O)N1C(=O)OC[C@@H]1C(C)(C)C. The molecule has 110 valence electrons.